The standard InChI is InChI=1S/C16H33N5O/c1-14(21-8-6-19(3)7-9-21)11-18-16(17-2)20(4)12-15-5-10-22-13-15/h14-15H,5-13H2,1-4H3,(H,17,18). The second-order valence-electron chi connectivity index (χ2n) is 6.73. The normalized spacial score (nSPS) is 26.2. The van der Waals surface area contributed by atoms with E-state index in [4.69, 9.17) is 4.74 Å². The molecule has 2 rings (SSSR count). The third-order valence-electron chi connectivity index (χ3n) is 4.85. The van der Waals surface area contributed by atoms with Gasteiger partial charge in [-0.05, 0) is 20.4 Å². The molecular formula is C16H33N5O. The van der Waals surface area contributed by atoms with Gasteiger partial charge in [0, 0.05) is 71.9 Å². The molecule has 2 fully saturated rings. The zero-order valence-electron chi connectivity index (χ0n) is 14.7. The fourth-order valence-corrected chi connectivity index (χ4v) is 3.22. The van der Waals surface area contributed by atoms with Crippen LogP contribution < -0.4 is 5.32 Å². The molecular weight excluding hydrogens is 278 g/mol. The molecule has 2 heterocycles. The highest BCUT2D eigenvalue weighted by Crippen LogP contribution is 2.13. The smallest absolute Gasteiger partial charge is 0.193 e. The second kappa shape index (κ2) is 8.70. The first-order valence-corrected chi connectivity index (χ1v) is 8.52. The van der Waals surface area contributed by atoms with Crippen molar-refractivity contribution >= 4 is 5.96 Å². The zero-order valence-corrected chi connectivity index (χ0v) is 14.7. The topological polar surface area (TPSA) is 43.3 Å². The molecule has 0 aromatic heterocycles. The van der Waals surface area contributed by atoms with E-state index in [0.29, 0.717) is 12.0 Å². The van der Waals surface area contributed by atoms with Crippen LogP contribution in [0.3, 0.4) is 0 Å². The number of piperazine rings is 1. The van der Waals surface area contributed by atoms with E-state index < -0.39 is 0 Å². The number of hydrogen-bond donors (Lipinski definition) is 1. The zero-order chi connectivity index (χ0) is 15.9. The minimum Gasteiger partial charge on any atom is -0.381 e. The van der Waals surface area contributed by atoms with Crippen LogP contribution in [0.15, 0.2) is 4.99 Å². The SMILES string of the molecule is CN=C(NCC(C)N1CCN(C)CC1)N(C)CC1CCOC1. The summed E-state index contributed by atoms with van der Waals surface area (Å²) in [6.45, 7) is 10.7. The number of hydrogen-bond acceptors (Lipinski definition) is 4. The van der Waals surface area contributed by atoms with Gasteiger partial charge in [0.1, 0.15) is 0 Å². The molecule has 0 radical (unpaired) electrons. The van der Waals surface area contributed by atoms with Gasteiger partial charge in [-0.25, -0.2) is 0 Å². The number of nitrogens with zero attached hydrogens (tertiary/aromatic N) is 4. The van der Waals surface area contributed by atoms with Crippen LogP contribution in [0.4, 0.5) is 0 Å². The van der Waals surface area contributed by atoms with Crippen LogP contribution in [0.25, 0.3) is 0 Å². The van der Waals surface area contributed by atoms with Crippen molar-refractivity contribution in [3.05, 3.63) is 0 Å². The quantitative estimate of drug-likeness (QED) is 0.579. The summed E-state index contributed by atoms with van der Waals surface area (Å²) in [5.74, 6) is 1.63. The average Bonchev–Trinajstić information content (AvgIpc) is 3.01. The van der Waals surface area contributed by atoms with Crippen molar-refractivity contribution in [1.29, 1.82) is 0 Å². The van der Waals surface area contributed by atoms with Crippen molar-refractivity contribution in [3.63, 3.8) is 0 Å². The number of nitrogens with one attached hydrogen (secondary N) is 1. The number of guanidine groups is 1. The summed E-state index contributed by atoms with van der Waals surface area (Å²) >= 11 is 0. The van der Waals surface area contributed by atoms with Crippen LogP contribution in [0.2, 0.25) is 0 Å². The van der Waals surface area contributed by atoms with Crippen molar-refractivity contribution in [2.45, 2.75) is 19.4 Å². The second-order valence-corrected chi connectivity index (χ2v) is 6.73. The van der Waals surface area contributed by atoms with Gasteiger partial charge in [-0.3, -0.25) is 9.89 Å². The van der Waals surface area contributed by atoms with E-state index in [9.17, 15) is 0 Å². The Balaban J connectivity index is 1.72. The molecule has 0 aromatic carbocycles. The Hall–Kier alpha value is -0.850. The van der Waals surface area contributed by atoms with Gasteiger partial charge in [0.2, 0.25) is 0 Å². The van der Waals surface area contributed by atoms with E-state index in [-0.39, 0.29) is 0 Å². The molecule has 128 valence electrons. The highest BCUT2D eigenvalue weighted by Gasteiger charge is 2.21. The van der Waals surface area contributed by atoms with Gasteiger partial charge in [-0.1, -0.05) is 0 Å². The molecule has 2 aliphatic rings. The molecule has 0 amide bonds. The summed E-state index contributed by atoms with van der Waals surface area (Å²) in [5.41, 5.74) is 0. The molecule has 22 heavy (non-hydrogen) atoms. The number of likely N-dealkylation sites (N-methyl/N-ethyl adjacent to an activating group) is 1. The van der Waals surface area contributed by atoms with Gasteiger partial charge in [0.05, 0.1) is 6.61 Å². The molecule has 2 unspecified atom stereocenters. The first-order valence-electron chi connectivity index (χ1n) is 8.52. The fraction of sp³-hybridized carbons (Fsp3) is 0.938. The lowest BCUT2D eigenvalue weighted by atomic mass is 10.1. The first-order chi connectivity index (χ1) is 10.6. The number of rotatable bonds is 5. The van der Waals surface area contributed by atoms with E-state index >= 15 is 0 Å². The van der Waals surface area contributed by atoms with Crippen molar-refractivity contribution in [3.8, 4) is 0 Å². The monoisotopic (exact) mass is 311 g/mol. The maximum Gasteiger partial charge on any atom is 0.193 e. The van der Waals surface area contributed by atoms with E-state index in [1.54, 1.807) is 0 Å². The minimum atomic E-state index is 0.536. The summed E-state index contributed by atoms with van der Waals surface area (Å²) in [6.07, 6.45) is 1.17. The Kier molecular flexibility index (Phi) is 6.92. The molecule has 0 saturated carbocycles. The third kappa shape index (κ3) is 5.11. The molecule has 2 saturated heterocycles. The van der Waals surface area contributed by atoms with Gasteiger partial charge in [-0.15, -0.1) is 0 Å². The summed E-state index contributed by atoms with van der Waals surface area (Å²) < 4.78 is 5.46. The Labute approximate surface area is 135 Å². The lowest BCUT2D eigenvalue weighted by Gasteiger charge is -2.37. The summed E-state index contributed by atoms with van der Waals surface area (Å²) in [6, 6.07) is 0.536. The third-order valence-corrected chi connectivity index (χ3v) is 4.85. The molecule has 0 spiro atoms. The summed E-state index contributed by atoms with van der Waals surface area (Å²) in [7, 11) is 6.18. The van der Waals surface area contributed by atoms with Crippen LogP contribution >= 0.6 is 0 Å². The van der Waals surface area contributed by atoms with Crippen LogP contribution in [-0.4, -0.2) is 100 Å². The van der Waals surface area contributed by atoms with E-state index in [2.05, 4.69) is 46.0 Å². The summed E-state index contributed by atoms with van der Waals surface area (Å²) in [5, 5.41) is 3.53. The molecule has 2 atom stereocenters. The van der Waals surface area contributed by atoms with Crippen molar-refractivity contribution in [2.24, 2.45) is 10.9 Å². The minimum absolute atomic E-state index is 0.536. The molecule has 1 N–H and O–H groups in total. The Morgan fingerprint density at radius 3 is 2.68 bits per heavy atom. The van der Waals surface area contributed by atoms with Gasteiger partial charge in [-0.2, -0.15) is 0 Å². The molecule has 0 aliphatic carbocycles. The largest absolute Gasteiger partial charge is 0.381 e. The Morgan fingerprint density at radius 2 is 2.09 bits per heavy atom. The number of ether oxygens (including phenoxy) is 1. The highest BCUT2D eigenvalue weighted by atomic mass is 16.5. The van der Waals surface area contributed by atoms with E-state index in [0.717, 1.165) is 45.4 Å². The Bertz CT molecular complexity index is 348. The predicted molar refractivity (Wildman–Crippen MR) is 91.4 cm³/mol. The molecule has 0 aromatic rings. The predicted octanol–water partition coefficient (Wildman–Crippen LogP) is 0.166. The molecule has 6 heteroatoms. The fourth-order valence-electron chi connectivity index (χ4n) is 3.22. The van der Waals surface area contributed by atoms with Crippen LogP contribution in [0.1, 0.15) is 13.3 Å². The van der Waals surface area contributed by atoms with Gasteiger partial charge >= 0.3 is 0 Å². The summed E-state index contributed by atoms with van der Waals surface area (Å²) in [4.78, 5) is 11.6. The van der Waals surface area contributed by atoms with Crippen molar-refractivity contribution in [1.82, 2.24) is 20.0 Å². The first kappa shape index (κ1) is 17.5. The highest BCUT2D eigenvalue weighted by molar-refractivity contribution is 5.79. The van der Waals surface area contributed by atoms with E-state index in [1.165, 1.54) is 19.5 Å². The maximum atomic E-state index is 5.46. The van der Waals surface area contributed by atoms with Crippen molar-refractivity contribution in [2.75, 3.05) is 73.6 Å². The number of aliphatic imine (C=N–C) groups is 1. The lowest BCUT2D eigenvalue weighted by Crippen LogP contribution is -2.52. The lowest BCUT2D eigenvalue weighted by molar-refractivity contribution is 0.119. The Morgan fingerprint density at radius 1 is 1.36 bits per heavy atom. The maximum absolute atomic E-state index is 5.46. The molecule has 2 aliphatic heterocycles. The van der Waals surface area contributed by atoms with Crippen LogP contribution in [-0.2, 0) is 4.74 Å². The van der Waals surface area contributed by atoms with Gasteiger partial charge in [0.15, 0.2) is 5.96 Å². The van der Waals surface area contributed by atoms with Gasteiger partial charge < -0.3 is 19.9 Å². The molecule has 0 bridgehead atoms. The van der Waals surface area contributed by atoms with Crippen molar-refractivity contribution < 1.29 is 4.74 Å². The van der Waals surface area contributed by atoms with Gasteiger partial charge in [0.25, 0.3) is 0 Å². The van der Waals surface area contributed by atoms with Crippen LogP contribution in [0.5, 0.6) is 0 Å². The van der Waals surface area contributed by atoms with E-state index in [1.807, 2.05) is 7.05 Å². The van der Waals surface area contributed by atoms with Crippen LogP contribution in [0, 0.1) is 5.92 Å². The average molecular weight is 311 g/mol. The molecule has 6 nitrogen and oxygen atoms in total.